The zero-order valence-electron chi connectivity index (χ0n) is 22.5. The molecular formula is C27H37N7O6. The molecule has 2 aliphatic carbocycles. The molecule has 1 saturated carbocycles. The second kappa shape index (κ2) is 13.4. The van der Waals surface area contributed by atoms with Gasteiger partial charge in [-0.05, 0) is 62.7 Å². The van der Waals surface area contributed by atoms with Crippen LogP contribution >= 0.6 is 0 Å². The van der Waals surface area contributed by atoms with Crippen molar-refractivity contribution in [3.63, 3.8) is 0 Å². The molecule has 2 heterocycles. The van der Waals surface area contributed by atoms with Gasteiger partial charge in [-0.25, -0.2) is 9.79 Å². The third kappa shape index (κ3) is 7.58. The predicted octanol–water partition coefficient (Wildman–Crippen LogP) is 0.179. The summed E-state index contributed by atoms with van der Waals surface area (Å²) in [7, 11) is 0. The molecule has 5 amide bonds. The van der Waals surface area contributed by atoms with Gasteiger partial charge < -0.3 is 26.0 Å². The molecule has 0 aromatic rings. The molecule has 6 N–H and O–H groups in total. The first-order valence-corrected chi connectivity index (χ1v) is 14.0. The van der Waals surface area contributed by atoms with E-state index >= 15 is 0 Å². The highest BCUT2D eigenvalue weighted by molar-refractivity contribution is 6.40. The highest BCUT2D eigenvalue weighted by Gasteiger charge is 2.49. The van der Waals surface area contributed by atoms with Gasteiger partial charge in [0.25, 0.3) is 11.8 Å². The number of ether oxygens (including phenoxy) is 1. The Balaban J connectivity index is 1.23. The predicted molar refractivity (Wildman–Crippen MR) is 144 cm³/mol. The van der Waals surface area contributed by atoms with E-state index in [-0.39, 0.29) is 37.0 Å². The van der Waals surface area contributed by atoms with Crippen molar-refractivity contribution in [1.82, 2.24) is 20.9 Å². The topological polar surface area (TPSA) is 196 Å². The van der Waals surface area contributed by atoms with Gasteiger partial charge in [0.1, 0.15) is 17.8 Å². The number of nitrogens with one attached hydrogen (secondary N) is 4. The number of nitrogens with zero attached hydrogens (tertiary/aromatic N) is 2. The van der Waals surface area contributed by atoms with Crippen LogP contribution in [-0.2, 0) is 23.9 Å². The van der Waals surface area contributed by atoms with Crippen molar-refractivity contribution in [3.05, 3.63) is 0 Å². The lowest BCUT2D eigenvalue weighted by molar-refractivity contribution is -0.132. The summed E-state index contributed by atoms with van der Waals surface area (Å²) >= 11 is 0. The zero-order chi connectivity index (χ0) is 28.6. The molecule has 40 heavy (non-hydrogen) atoms. The van der Waals surface area contributed by atoms with Gasteiger partial charge in [-0.2, -0.15) is 0 Å². The normalized spacial score (nSPS) is 27.2. The molecule has 3 fully saturated rings. The molecule has 4 aliphatic rings. The van der Waals surface area contributed by atoms with Gasteiger partial charge in [0.05, 0.1) is 6.61 Å². The first-order chi connectivity index (χ1) is 19.2. The summed E-state index contributed by atoms with van der Waals surface area (Å²) in [6.45, 7) is 0.839. The Kier molecular flexibility index (Phi) is 9.74. The number of rotatable bonds is 9. The molecule has 2 unspecified atom stereocenters. The van der Waals surface area contributed by atoms with Crippen LogP contribution < -0.4 is 21.7 Å². The molecule has 13 nitrogen and oxygen atoms in total. The molecule has 216 valence electrons. The number of carbonyl (C=O) groups is 5. The molecule has 0 radical (unpaired) electrons. The lowest BCUT2D eigenvalue weighted by Crippen LogP contribution is -2.47. The molecule has 13 heteroatoms. The molecule has 0 bridgehead atoms. The summed E-state index contributed by atoms with van der Waals surface area (Å²) < 4.78 is 5.33. The van der Waals surface area contributed by atoms with E-state index in [9.17, 15) is 24.0 Å². The van der Waals surface area contributed by atoms with Crippen LogP contribution in [0.2, 0.25) is 0 Å². The largest absolute Gasteiger partial charge is 0.449 e. The average Bonchev–Trinajstić information content (AvgIpc) is 3.24. The van der Waals surface area contributed by atoms with Crippen molar-refractivity contribution in [3.8, 4) is 11.8 Å². The molecule has 2 saturated heterocycles. The Bertz CT molecular complexity index is 1120. The minimum absolute atomic E-state index is 0.0390. The van der Waals surface area contributed by atoms with E-state index < -0.39 is 35.9 Å². The maximum absolute atomic E-state index is 13.2. The van der Waals surface area contributed by atoms with Crippen LogP contribution in [0, 0.1) is 35.0 Å². The quantitative estimate of drug-likeness (QED) is 0.116. The van der Waals surface area contributed by atoms with Crippen molar-refractivity contribution < 1.29 is 28.7 Å². The van der Waals surface area contributed by atoms with E-state index in [1.165, 1.54) is 4.90 Å². The third-order valence-electron chi connectivity index (χ3n) is 7.99. The lowest BCUT2D eigenvalue weighted by atomic mass is 10.1. The fourth-order valence-electron chi connectivity index (χ4n) is 5.80. The molecule has 4 rings (SSSR count). The Morgan fingerprint density at radius 1 is 1.12 bits per heavy atom. The number of aliphatic imine (C=N–C) groups is 1. The van der Waals surface area contributed by atoms with E-state index in [1.807, 2.05) is 0 Å². The first kappa shape index (κ1) is 29.0. The van der Waals surface area contributed by atoms with Crippen LogP contribution in [0.1, 0.15) is 64.2 Å². The molecule has 0 spiro atoms. The van der Waals surface area contributed by atoms with E-state index in [4.69, 9.17) is 15.9 Å². The fraction of sp³-hybridized carbons (Fsp3) is 0.667. The summed E-state index contributed by atoms with van der Waals surface area (Å²) in [5.74, 6) is 5.46. The summed E-state index contributed by atoms with van der Waals surface area (Å²) in [6, 6.07) is -1.55. The highest BCUT2D eigenvalue weighted by Crippen LogP contribution is 2.52. The number of guanidine groups is 1. The van der Waals surface area contributed by atoms with Crippen LogP contribution in [-0.4, -0.2) is 78.1 Å². The van der Waals surface area contributed by atoms with Crippen molar-refractivity contribution in [2.24, 2.45) is 28.5 Å². The number of likely N-dealkylation sites (tertiary alicyclic amines) is 1. The summed E-state index contributed by atoms with van der Waals surface area (Å²) in [5.41, 5.74) is 5.41. The molecular weight excluding hydrogens is 518 g/mol. The van der Waals surface area contributed by atoms with Gasteiger partial charge >= 0.3 is 6.09 Å². The maximum atomic E-state index is 13.2. The third-order valence-corrected chi connectivity index (χ3v) is 7.99. The van der Waals surface area contributed by atoms with E-state index in [0.717, 1.165) is 25.7 Å². The summed E-state index contributed by atoms with van der Waals surface area (Å²) in [6.07, 6.45) is 5.05. The van der Waals surface area contributed by atoms with Crippen LogP contribution in [0.3, 0.4) is 0 Å². The lowest BCUT2D eigenvalue weighted by Gasteiger charge is -2.23. The van der Waals surface area contributed by atoms with E-state index in [1.54, 1.807) is 0 Å². The number of hydrogen-bond acceptors (Lipinski definition) is 7. The average molecular weight is 556 g/mol. The Morgan fingerprint density at radius 3 is 2.50 bits per heavy atom. The van der Waals surface area contributed by atoms with Crippen molar-refractivity contribution in [2.45, 2.75) is 76.3 Å². The van der Waals surface area contributed by atoms with Crippen molar-refractivity contribution in [2.75, 3.05) is 19.7 Å². The van der Waals surface area contributed by atoms with Crippen LogP contribution in [0.25, 0.3) is 0 Å². The summed E-state index contributed by atoms with van der Waals surface area (Å²) in [4.78, 5) is 66.7. The molecule has 2 aliphatic heterocycles. The SMILES string of the molecule is N=C(NCCC/C(=N\C(=O)[C@@H]1CCC(=O)N1)C(=O)N1CCC[C@H]1C(N)=O)NC(=O)OCC1C2CCC#CCCC21. The monoisotopic (exact) mass is 555 g/mol. The number of hydrogen-bond donors (Lipinski definition) is 5. The van der Waals surface area contributed by atoms with Gasteiger partial charge in [-0.15, -0.1) is 11.8 Å². The number of alkyl carbamates (subject to hydrolysis) is 1. The minimum atomic E-state index is -0.788. The number of carbonyl (C=O) groups excluding carboxylic acids is 5. The fourth-order valence-corrected chi connectivity index (χ4v) is 5.80. The number of amides is 5. The summed E-state index contributed by atoms with van der Waals surface area (Å²) in [5, 5.41) is 15.6. The highest BCUT2D eigenvalue weighted by atomic mass is 16.5. The van der Waals surface area contributed by atoms with Crippen LogP contribution in [0.4, 0.5) is 4.79 Å². The van der Waals surface area contributed by atoms with Gasteiger partial charge in [0.15, 0.2) is 5.96 Å². The Hall–Kier alpha value is -3.95. The minimum Gasteiger partial charge on any atom is -0.449 e. The molecule has 0 aromatic heterocycles. The van der Waals surface area contributed by atoms with E-state index in [0.29, 0.717) is 56.6 Å². The van der Waals surface area contributed by atoms with Gasteiger partial charge in [0.2, 0.25) is 11.8 Å². The molecule has 4 atom stereocenters. The van der Waals surface area contributed by atoms with Gasteiger partial charge in [-0.3, -0.25) is 29.9 Å². The standard InChI is InChI=1S/C27H37N7O6/c28-23(36)21-10-6-14-34(21)25(38)20(32-24(37)19-11-12-22(35)31-19)9-5-13-30-26(29)33-27(39)40-15-18-16-7-3-1-2-4-8-17(16)18/h16-19,21H,3-15H2,(H2,28,36)(H,31,35)(H3,29,30,33,39)/b32-20+/t16?,17?,18?,19-,21-/m0/s1. The Morgan fingerprint density at radius 2 is 1.85 bits per heavy atom. The van der Waals surface area contributed by atoms with Crippen LogP contribution in [0.5, 0.6) is 0 Å². The maximum Gasteiger partial charge on any atom is 0.413 e. The molecule has 0 aromatic carbocycles. The number of nitrogens with two attached hydrogens (primary N) is 1. The van der Waals surface area contributed by atoms with Gasteiger partial charge in [0, 0.05) is 32.4 Å². The van der Waals surface area contributed by atoms with Crippen molar-refractivity contribution in [1.29, 1.82) is 5.41 Å². The second-order valence-electron chi connectivity index (χ2n) is 10.7. The van der Waals surface area contributed by atoms with E-state index in [2.05, 4.69) is 32.8 Å². The second-order valence-corrected chi connectivity index (χ2v) is 10.7. The Labute approximate surface area is 232 Å². The smallest absolute Gasteiger partial charge is 0.413 e. The van der Waals surface area contributed by atoms with Crippen LogP contribution in [0.15, 0.2) is 4.99 Å². The number of primary amides is 1. The number of fused-ring (bicyclic) bond motifs is 1. The van der Waals surface area contributed by atoms with Crippen molar-refractivity contribution >= 4 is 41.4 Å². The van der Waals surface area contributed by atoms with Gasteiger partial charge in [-0.1, -0.05) is 0 Å². The zero-order valence-corrected chi connectivity index (χ0v) is 22.5. The first-order valence-electron chi connectivity index (χ1n) is 14.0.